The van der Waals surface area contributed by atoms with Crippen molar-refractivity contribution in [2.45, 2.75) is 19.0 Å². The summed E-state index contributed by atoms with van der Waals surface area (Å²) in [7, 11) is 0. The van der Waals surface area contributed by atoms with E-state index in [1.54, 1.807) is 4.90 Å². The summed E-state index contributed by atoms with van der Waals surface area (Å²) in [6, 6.07) is 0. The summed E-state index contributed by atoms with van der Waals surface area (Å²) >= 11 is 0. The van der Waals surface area contributed by atoms with Gasteiger partial charge in [-0.1, -0.05) is 0 Å². The second kappa shape index (κ2) is 5.68. The van der Waals surface area contributed by atoms with Crippen LogP contribution in [-0.4, -0.2) is 48.3 Å². The molecule has 1 aliphatic heterocycles. The molecule has 0 spiro atoms. The summed E-state index contributed by atoms with van der Waals surface area (Å²) in [5.74, 6) is -2.71. The lowest BCUT2D eigenvalue weighted by atomic mass is 9.97. The lowest BCUT2D eigenvalue weighted by Crippen LogP contribution is -2.47. The third-order valence-electron chi connectivity index (χ3n) is 3.07. The van der Waals surface area contributed by atoms with E-state index in [1.165, 1.54) is 0 Å². The number of rotatable bonds is 4. The summed E-state index contributed by atoms with van der Waals surface area (Å²) in [6.07, 6.45) is -2.87. The second-order valence-corrected chi connectivity index (χ2v) is 4.50. The number of halogens is 3. The van der Waals surface area contributed by atoms with Crippen molar-refractivity contribution >= 4 is 5.84 Å². The van der Waals surface area contributed by atoms with Gasteiger partial charge in [-0.25, -0.2) is 0 Å². The van der Waals surface area contributed by atoms with Crippen LogP contribution in [0.25, 0.3) is 0 Å². The summed E-state index contributed by atoms with van der Waals surface area (Å²) in [5, 5.41) is 16.0. The van der Waals surface area contributed by atoms with Gasteiger partial charge in [0.05, 0.1) is 0 Å². The molecule has 0 bridgehead atoms. The molecule has 1 heterocycles. The summed E-state index contributed by atoms with van der Waals surface area (Å²) in [6.45, 7) is 0.718. The highest BCUT2D eigenvalue weighted by atomic mass is 19.4. The van der Waals surface area contributed by atoms with Crippen molar-refractivity contribution in [3.8, 4) is 0 Å². The predicted molar refractivity (Wildman–Crippen MR) is 57.7 cm³/mol. The number of alkyl halides is 3. The molecule has 2 unspecified atom stereocenters. The van der Waals surface area contributed by atoms with Crippen molar-refractivity contribution < 1.29 is 18.3 Å². The number of aliphatic hydroxyl groups excluding tert-OH is 1. The third kappa shape index (κ3) is 4.16. The molecule has 2 atom stereocenters. The van der Waals surface area contributed by atoms with Crippen molar-refractivity contribution in [1.82, 2.24) is 4.90 Å². The Morgan fingerprint density at radius 1 is 1.53 bits per heavy atom. The number of hydrogen-bond donors (Lipinski definition) is 3. The molecule has 7 heteroatoms. The Morgan fingerprint density at radius 3 is 2.65 bits per heavy atom. The van der Waals surface area contributed by atoms with Crippen LogP contribution < -0.4 is 5.73 Å². The number of nitrogens with one attached hydrogen (secondary N) is 1. The molecular weight excluding hydrogens is 235 g/mol. The highest BCUT2D eigenvalue weighted by Gasteiger charge is 2.43. The van der Waals surface area contributed by atoms with Crippen LogP contribution in [0, 0.1) is 17.2 Å². The van der Waals surface area contributed by atoms with Gasteiger partial charge in [0, 0.05) is 19.7 Å². The van der Waals surface area contributed by atoms with Gasteiger partial charge < -0.3 is 15.7 Å². The average molecular weight is 253 g/mol. The Labute approximate surface area is 98.1 Å². The Bertz CT molecular complexity index is 270. The molecule has 100 valence electrons. The molecule has 0 saturated carbocycles. The molecule has 0 aromatic rings. The van der Waals surface area contributed by atoms with E-state index in [2.05, 4.69) is 0 Å². The number of amidine groups is 1. The maximum Gasteiger partial charge on any atom is 0.399 e. The van der Waals surface area contributed by atoms with E-state index in [0.29, 0.717) is 13.1 Å². The first-order chi connectivity index (χ1) is 7.84. The first-order valence-electron chi connectivity index (χ1n) is 5.58. The number of aliphatic hydroxyl groups is 1. The Balaban J connectivity index is 2.58. The molecule has 4 nitrogen and oxygen atoms in total. The number of nitrogens with two attached hydrogens (primary N) is 1. The quantitative estimate of drug-likeness (QED) is 0.512. The summed E-state index contributed by atoms with van der Waals surface area (Å²) in [5.41, 5.74) is 4.99. The van der Waals surface area contributed by atoms with Gasteiger partial charge in [-0.3, -0.25) is 5.41 Å². The van der Waals surface area contributed by atoms with Gasteiger partial charge in [0.15, 0.2) is 0 Å². The molecule has 0 aromatic heterocycles. The topological polar surface area (TPSA) is 73.3 Å². The van der Waals surface area contributed by atoms with Crippen LogP contribution in [-0.2, 0) is 0 Å². The van der Waals surface area contributed by atoms with E-state index in [1.807, 2.05) is 0 Å². The number of hydrogen-bond acceptors (Lipinski definition) is 3. The van der Waals surface area contributed by atoms with E-state index in [0.717, 1.165) is 12.8 Å². The molecule has 0 aromatic carbocycles. The number of piperidine rings is 1. The second-order valence-electron chi connectivity index (χ2n) is 4.50. The molecular formula is C10H18F3N3O. The predicted octanol–water partition coefficient (Wildman–Crippen LogP) is 0.805. The van der Waals surface area contributed by atoms with Crippen LogP contribution in [0.5, 0.6) is 0 Å². The Hall–Kier alpha value is -0.820. The first-order valence-corrected chi connectivity index (χ1v) is 5.58. The van der Waals surface area contributed by atoms with Crippen molar-refractivity contribution in [3.05, 3.63) is 0 Å². The van der Waals surface area contributed by atoms with Crippen molar-refractivity contribution in [2.75, 3.05) is 26.2 Å². The minimum absolute atomic E-state index is 0.00669. The standard InChI is InChI=1S/C10H18F3N3O/c11-10(12,13)8(9(14)15)5-16-3-1-2-7(4-16)6-17/h7-8,17H,1-6H2,(H3,14,15). The van der Waals surface area contributed by atoms with Gasteiger partial charge >= 0.3 is 6.18 Å². The fourth-order valence-electron chi connectivity index (χ4n) is 2.10. The zero-order valence-electron chi connectivity index (χ0n) is 9.50. The van der Waals surface area contributed by atoms with Gasteiger partial charge in [0.25, 0.3) is 0 Å². The number of likely N-dealkylation sites (tertiary alicyclic amines) is 1. The molecule has 0 amide bonds. The van der Waals surface area contributed by atoms with Crippen LogP contribution in [0.15, 0.2) is 0 Å². The zero-order chi connectivity index (χ0) is 13.1. The fourth-order valence-corrected chi connectivity index (χ4v) is 2.10. The molecule has 1 aliphatic rings. The SMILES string of the molecule is N=C(N)C(CN1CCCC(CO)C1)C(F)(F)F. The van der Waals surface area contributed by atoms with Gasteiger partial charge in [0.2, 0.25) is 0 Å². The number of nitrogens with zero attached hydrogens (tertiary/aromatic N) is 1. The van der Waals surface area contributed by atoms with Gasteiger partial charge in [-0.05, 0) is 25.3 Å². The van der Waals surface area contributed by atoms with Crippen molar-refractivity contribution in [1.29, 1.82) is 5.41 Å². The van der Waals surface area contributed by atoms with E-state index in [4.69, 9.17) is 16.2 Å². The highest BCUT2D eigenvalue weighted by molar-refractivity contribution is 5.80. The molecule has 4 N–H and O–H groups in total. The molecule has 0 radical (unpaired) electrons. The van der Waals surface area contributed by atoms with E-state index < -0.39 is 17.9 Å². The van der Waals surface area contributed by atoms with E-state index >= 15 is 0 Å². The van der Waals surface area contributed by atoms with E-state index in [-0.39, 0.29) is 19.1 Å². The Kier molecular flexibility index (Phi) is 4.76. The maximum atomic E-state index is 12.6. The summed E-state index contributed by atoms with van der Waals surface area (Å²) < 4.78 is 37.8. The zero-order valence-corrected chi connectivity index (χ0v) is 9.50. The first kappa shape index (κ1) is 14.2. The lowest BCUT2D eigenvalue weighted by Gasteiger charge is -2.34. The van der Waals surface area contributed by atoms with Gasteiger partial charge in [0.1, 0.15) is 11.8 Å². The largest absolute Gasteiger partial charge is 0.399 e. The van der Waals surface area contributed by atoms with Crippen LogP contribution in [0.1, 0.15) is 12.8 Å². The minimum Gasteiger partial charge on any atom is -0.396 e. The monoisotopic (exact) mass is 253 g/mol. The van der Waals surface area contributed by atoms with Gasteiger partial charge in [-0.2, -0.15) is 13.2 Å². The van der Waals surface area contributed by atoms with Crippen molar-refractivity contribution in [3.63, 3.8) is 0 Å². The minimum atomic E-state index is -4.47. The molecule has 1 rings (SSSR count). The fraction of sp³-hybridized carbons (Fsp3) is 0.900. The smallest absolute Gasteiger partial charge is 0.396 e. The van der Waals surface area contributed by atoms with Gasteiger partial charge in [-0.15, -0.1) is 0 Å². The highest BCUT2D eigenvalue weighted by Crippen LogP contribution is 2.28. The van der Waals surface area contributed by atoms with Crippen LogP contribution in [0.4, 0.5) is 13.2 Å². The van der Waals surface area contributed by atoms with E-state index in [9.17, 15) is 13.2 Å². The molecule has 1 saturated heterocycles. The van der Waals surface area contributed by atoms with Crippen LogP contribution in [0.3, 0.4) is 0 Å². The van der Waals surface area contributed by atoms with Crippen LogP contribution >= 0.6 is 0 Å². The maximum absolute atomic E-state index is 12.6. The molecule has 0 aliphatic carbocycles. The molecule has 17 heavy (non-hydrogen) atoms. The Morgan fingerprint density at radius 2 is 2.18 bits per heavy atom. The normalized spacial score (nSPS) is 24.6. The van der Waals surface area contributed by atoms with Crippen molar-refractivity contribution in [2.24, 2.45) is 17.6 Å². The lowest BCUT2D eigenvalue weighted by molar-refractivity contribution is -0.161. The molecule has 1 fully saturated rings. The van der Waals surface area contributed by atoms with Crippen LogP contribution in [0.2, 0.25) is 0 Å². The third-order valence-corrected chi connectivity index (χ3v) is 3.07. The summed E-state index contributed by atoms with van der Waals surface area (Å²) in [4.78, 5) is 1.63. The average Bonchev–Trinajstić information content (AvgIpc) is 2.24.